The van der Waals surface area contributed by atoms with Crippen molar-refractivity contribution in [3.8, 4) is 0 Å². The van der Waals surface area contributed by atoms with Crippen LogP contribution in [-0.2, 0) is 0 Å². The molecule has 90 valence electrons. The maximum atomic E-state index is 4.27. The Morgan fingerprint density at radius 2 is 2.12 bits per heavy atom. The topological polar surface area (TPSA) is 37.0 Å². The maximum Gasteiger partial charge on any atom is 0.0608 e. The Labute approximate surface area is 107 Å². The molecular weight excluding hydrogens is 234 g/mol. The van der Waals surface area contributed by atoms with Crippen molar-refractivity contribution in [1.82, 2.24) is 10.3 Å². The van der Waals surface area contributed by atoms with E-state index in [2.05, 4.69) is 33.8 Å². The van der Waals surface area contributed by atoms with Crippen LogP contribution in [0.1, 0.15) is 6.42 Å². The zero-order valence-corrected chi connectivity index (χ0v) is 10.3. The average molecular weight is 250 g/mol. The first-order chi connectivity index (χ1) is 7.93. The maximum absolute atomic E-state index is 4.27. The zero-order chi connectivity index (χ0) is 10.8. The highest BCUT2D eigenvalue weighted by Gasteiger charge is 2.14. The van der Waals surface area contributed by atoms with Gasteiger partial charge in [0.05, 0.1) is 11.9 Å². The fourth-order valence-corrected chi connectivity index (χ4v) is 2.23. The summed E-state index contributed by atoms with van der Waals surface area (Å²) >= 11 is 0. The smallest absolute Gasteiger partial charge is 0.0608 e. The molecule has 2 N–H and O–H groups in total. The molecule has 1 aromatic heterocycles. The number of nitrogens with one attached hydrogen (secondary N) is 2. The van der Waals surface area contributed by atoms with Gasteiger partial charge in [0, 0.05) is 29.6 Å². The highest BCUT2D eigenvalue weighted by atomic mass is 35.5. The fourth-order valence-electron chi connectivity index (χ4n) is 2.23. The molecule has 0 aliphatic carbocycles. The van der Waals surface area contributed by atoms with Crippen LogP contribution in [0.15, 0.2) is 36.7 Å². The molecule has 1 atom stereocenters. The van der Waals surface area contributed by atoms with E-state index in [4.69, 9.17) is 0 Å². The minimum Gasteiger partial charge on any atom is -0.379 e. The van der Waals surface area contributed by atoms with Gasteiger partial charge in [-0.05, 0) is 13.0 Å². The molecule has 3 nitrogen and oxygen atoms in total. The summed E-state index contributed by atoms with van der Waals surface area (Å²) in [4.78, 5) is 4.27. The van der Waals surface area contributed by atoms with E-state index in [1.807, 2.05) is 18.5 Å². The number of pyridine rings is 1. The lowest BCUT2D eigenvalue weighted by Gasteiger charge is -2.14. The molecule has 4 heteroatoms. The molecule has 1 aromatic carbocycles. The molecule has 2 heterocycles. The molecule has 2 aromatic rings. The van der Waals surface area contributed by atoms with Crippen molar-refractivity contribution in [3.05, 3.63) is 36.7 Å². The summed E-state index contributed by atoms with van der Waals surface area (Å²) in [6.07, 6.45) is 5.01. The molecular formula is C13H16ClN3. The van der Waals surface area contributed by atoms with Crippen LogP contribution in [0.25, 0.3) is 10.8 Å². The zero-order valence-electron chi connectivity index (χ0n) is 9.52. The number of halogens is 1. The number of hydrogen-bond donors (Lipinski definition) is 2. The first-order valence-electron chi connectivity index (χ1n) is 5.73. The lowest BCUT2D eigenvalue weighted by molar-refractivity contribution is 0.794. The van der Waals surface area contributed by atoms with E-state index < -0.39 is 0 Å². The van der Waals surface area contributed by atoms with Crippen molar-refractivity contribution in [3.63, 3.8) is 0 Å². The van der Waals surface area contributed by atoms with Gasteiger partial charge in [-0.1, -0.05) is 24.3 Å². The number of fused-ring (bicyclic) bond motifs is 1. The fraction of sp³-hybridized carbons (Fsp3) is 0.308. The lowest BCUT2D eigenvalue weighted by atomic mass is 10.1. The second-order valence-corrected chi connectivity index (χ2v) is 4.24. The number of rotatable bonds is 2. The van der Waals surface area contributed by atoms with E-state index in [0.717, 1.165) is 18.8 Å². The van der Waals surface area contributed by atoms with Gasteiger partial charge in [-0.3, -0.25) is 4.98 Å². The van der Waals surface area contributed by atoms with Gasteiger partial charge in [0.2, 0.25) is 0 Å². The molecule has 0 spiro atoms. The Morgan fingerprint density at radius 3 is 2.94 bits per heavy atom. The molecule has 1 aliphatic rings. The third-order valence-corrected chi connectivity index (χ3v) is 3.09. The summed E-state index contributed by atoms with van der Waals surface area (Å²) in [5.74, 6) is 0. The molecule has 0 unspecified atom stereocenters. The predicted octanol–water partition coefficient (Wildman–Crippen LogP) is 2.43. The molecule has 1 saturated heterocycles. The molecule has 0 amide bonds. The van der Waals surface area contributed by atoms with Crippen LogP contribution in [0.5, 0.6) is 0 Å². The van der Waals surface area contributed by atoms with Crippen molar-refractivity contribution >= 4 is 28.9 Å². The van der Waals surface area contributed by atoms with Crippen LogP contribution < -0.4 is 10.6 Å². The van der Waals surface area contributed by atoms with Crippen LogP contribution in [-0.4, -0.2) is 24.1 Å². The van der Waals surface area contributed by atoms with Gasteiger partial charge in [0.1, 0.15) is 0 Å². The van der Waals surface area contributed by atoms with Gasteiger partial charge < -0.3 is 10.6 Å². The summed E-state index contributed by atoms with van der Waals surface area (Å²) in [5.41, 5.74) is 1.15. The van der Waals surface area contributed by atoms with Crippen LogP contribution in [0.3, 0.4) is 0 Å². The Balaban J connectivity index is 0.00000108. The van der Waals surface area contributed by atoms with E-state index >= 15 is 0 Å². The average Bonchev–Trinajstić information content (AvgIpc) is 2.82. The quantitative estimate of drug-likeness (QED) is 0.859. The third-order valence-electron chi connectivity index (χ3n) is 3.09. The van der Waals surface area contributed by atoms with Gasteiger partial charge in [0.15, 0.2) is 0 Å². The largest absolute Gasteiger partial charge is 0.379 e. The van der Waals surface area contributed by atoms with Gasteiger partial charge in [-0.25, -0.2) is 0 Å². The van der Waals surface area contributed by atoms with Crippen LogP contribution >= 0.6 is 12.4 Å². The molecule has 1 fully saturated rings. The summed E-state index contributed by atoms with van der Waals surface area (Å²) in [6, 6.07) is 8.89. The van der Waals surface area contributed by atoms with Crippen molar-refractivity contribution in [2.45, 2.75) is 12.5 Å². The summed E-state index contributed by atoms with van der Waals surface area (Å²) in [5, 5.41) is 9.36. The highest BCUT2D eigenvalue weighted by molar-refractivity contribution is 5.92. The molecule has 0 saturated carbocycles. The minimum atomic E-state index is 0. The predicted molar refractivity (Wildman–Crippen MR) is 73.9 cm³/mol. The van der Waals surface area contributed by atoms with E-state index in [0.29, 0.717) is 6.04 Å². The summed E-state index contributed by atoms with van der Waals surface area (Å²) in [7, 11) is 0. The van der Waals surface area contributed by atoms with E-state index in [1.54, 1.807) is 0 Å². The highest BCUT2D eigenvalue weighted by Crippen LogP contribution is 2.22. The number of anilines is 1. The third kappa shape index (κ3) is 2.51. The van der Waals surface area contributed by atoms with Crippen molar-refractivity contribution in [2.75, 3.05) is 18.4 Å². The minimum absolute atomic E-state index is 0. The first-order valence-corrected chi connectivity index (χ1v) is 5.73. The Bertz CT molecular complexity index is 489. The van der Waals surface area contributed by atoms with Gasteiger partial charge in [0.25, 0.3) is 0 Å². The van der Waals surface area contributed by atoms with Gasteiger partial charge in [-0.2, -0.15) is 0 Å². The lowest BCUT2D eigenvalue weighted by Crippen LogP contribution is -2.22. The summed E-state index contributed by atoms with van der Waals surface area (Å²) < 4.78 is 0. The summed E-state index contributed by atoms with van der Waals surface area (Å²) in [6.45, 7) is 2.15. The van der Waals surface area contributed by atoms with Crippen LogP contribution in [0.2, 0.25) is 0 Å². The Kier molecular flexibility index (Phi) is 3.82. The van der Waals surface area contributed by atoms with Crippen molar-refractivity contribution in [2.24, 2.45) is 0 Å². The number of aromatic nitrogens is 1. The van der Waals surface area contributed by atoms with Crippen LogP contribution in [0, 0.1) is 0 Å². The standard InChI is InChI=1S/C13H15N3.ClH/c1-2-4-12-10(3-1)7-15-9-13(12)16-11-5-6-14-8-11;/h1-4,7,9,11,14,16H,5-6,8H2;1H/t11-;/m1./s1. The molecule has 17 heavy (non-hydrogen) atoms. The first kappa shape index (κ1) is 12.1. The number of hydrogen-bond acceptors (Lipinski definition) is 3. The Morgan fingerprint density at radius 1 is 1.24 bits per heavy atom. The molecule has 0 radical (unpaired) electrons. The SMILES string of the molecule is Cl.c1ccc2c(N[C@@H]3CCNC3)cncc2c1. The van der Waals surface area contributed by atoms with E-state index in [-0.39, 0.29) is 12.4 Å². The monoisotopic (exact) mass is 249 g/mol. The Hall–Kier alpha value is -1.32. The van der Waals surface area contributed by atoms with Crippen LogP contribution in [0.4, 0.5) is 5.69 Å². The van der Waals surface area contributed by atoms with Gasteiger partial charge >= 0.3 is 0 Å². The number of nitrogens with zero attached hydrogens (tertiary/aromatic N) is 1. The van der Waals surface area contributed by atoms with E-state index in [9.17, 15) is 0 Å². The normalized spacial score (nSPS) is 18.9. The van der Waals surface area contributed by atoms with Gasteiger partial charge in [-0.15, -0.1) is 12.4 Å². The van der Waals surface area contributed by atoms with E-state index in [1.165, 1.54) is 17.2 Å². The van der Waals surface area contributed by atoms with Crippen molar-refractivity contribution in [1.29, 1.82) is 0 Å². The second kappa shape index (κ2) is 5.34. The molecule has 3 rings (SSSR count). The molecule has 0 bridgehead atoms. The molecule has 1 aliphatic heterocycles. The van der Waals surface area contributed by atoms with Crippen molar-refractivity contribution < 1.29 is 0 Å². The second-order valence-electron chi connectivity index (χ2n) is 4.24. The number of benzene rings is 1.